The van der Waals surface area contributed by atoms with E-state index >= 15 is 0 Å². The Labute approximate surface area is 114 Å². The van der Waals surface area contributed by atoms with Crippen molar-refractivity contribution in [2.75, 3.05) is 19.7 Å². The second-order valence-electron chi connectivity index (χ2n) is 5.25. The molecule has 0 aliphatic carbocycles. The predicted octanol–water partition coefficient (Wildman–Crippen LogP) is 0.707. The van der Waals surface area contributed by atoms with E-state index in [2.05, 4.69) is 5.32 Å². The van der Waals surface area contributed by atoms with Crippen molar-refractivity contribution >= 4 is 12.0 Å². The molecule has 19 heavy (non-hydrogen) atoms. The van der Waals surface area contributed by atoms with Crippen LogP contribution < -0.4 is 11.1 Å². The molecule has 0 spiro atoms. The largest absolute Gasteiger partial charge is 0.450 e. The number of nitrogens with two attached hydrogens (primary N) is 1. The monoisotopic (exact) mass is 271 g/mol. The smallest absolute Gasteiger partial charge is 0.409 e. The highest BCUT2D eigenvalue weighted by atomic mass is 16.6. The van der Waals surface area contributed by atoms with Gasteiger partial charge in [-0.1, -0.05) is 13.8 Å². The molecule has 1 saturated heterocycles. The molecule has 1 heterocycles. The van der Waals surface area contributed by atoms with Crippen LogP contribution in [0.4, 0.5) is 4.79 Å². The highest BCUT2D eigenvalue weighted by molar-refractivity contribution is 5.80. The number of carbonyl (C=O) groups is 2. The molecule has 0 aromatic rings. The van der Waals surface area contributed by atoms with Gasteiger partial charge in [0, 0.05) is 19.1 Å². The van der Waals surface area contributed by atoms with E-state index in [0.29, 0.717) is 19.7 Å². The Morgan fingerprint density at radius 3 is 2.37 bits per heavy atom. The van der Waals surface area contributed by atoms with Crippen molar-refractivity contribution in [2.45, 2.75) is 45.7 Å². The van der Waals surface area contributed by atoms with E-state index < -0.39 is 0 Å². The number of piperidine rings is 1. The molecule has 6 nitrogen and oxygen atoms in total. The molecule has 1 atom stereocenters. The maximum absolute atomic E-state index is 11.6. The third-order valence-electron chi connectivity index (χ3n) is 3.41. The van der Waals surface area contributed by atoms with E-state index in [9.17, 15) is 9.59 Å². The van der Waals surface area contributed by atoms with Gasteiger partial charge in [-0.3, -0.25) is 4.79 Å². The topological polar surface area (TPSA) is 84.7 Å². The fourth-order valence-corrected chi connectivity index (χ4v) is 2.30. The van der Waals surface area contributed by atoms with Gasteiger partial charge < -0.3 is 20.7 Å². The minimum Gasteiger partial charge on any atom is -0.450 e. The zero-order valence-electron chi connectivity index (χ0n) is 12.0. The molecule has 0 aromatic heterocycles. The van der Waals surface area contributed by atoms with Crippen LogP contribution in [0.15, 0.2) is 0 Å². The Morgan fingerprint density at radius 2 is 1.95 bits per heavy atom. The number of rotatable bonds is 5. The first kappa shape index (κ1) is 15.8. The van der Waals surface area contributed by atoms with Crippen LogP contribution >= 0.6 is 0 Å². The van der Waals surface area contributed by atoms with Gasteiger partial charge >= 0.3 is 6.09 Å². The van der Waals surface area contributed by atoms with Crippen molar-refractivity contribution in [3.05, 3.63) is 0 Å². The summed E-state index contributed by atoms with van der Waals surface area (Å²) in [5, 5.41) is 3.29. The third kappa shape index (κ3) is 4.70. The second-order valence-corrected chi connectivity index (χ2v) is 5.25. The van der Waals surface area contributed by atoms with Crippen LogP contribution in [0, 0.1) is 5.92 Å². The van der Waals surface area contributed by atoms with Crippen molar-refractivity contribution in [2.24, 2.45) is 11.7 Å². The van der Waals surface area contributed by atoms with Crippen LogP contribution in [0.3, 0.4) is 0 Å². The fraction of sp³-hybridized carbons (Fsp3) is 0.846. The van der Waals surface area contributed by atoms with Gasteiger partial charge in [0.2, 0.25) is 5.91 Å². The molecule has 1 aliphatic heterocycles. The summed E-state index contributed by atoms with van der Waals surface area (Å²) in [5.74, 6) is -0.150. The molecular weight excluding hydrogens is 246 g/mol. The van der Waals surface area contributed by atoms with Crippen LogP contribution in [0.1, 0.15) is 33.6 Å². The number of carbonyl (C=O) groups excluding carboxylic acids is 2. The van der Waals surface area contributed by atoms with Gasteiger partial charge in [0.15, 0.2) is 0 Å². The standard InChI is InChI=1S/C13H25N3O3/c1-4-19-13(18)16-7-5-10(6-8-16)15-11(9(2)3)12(14)17/h9-11,15H,4-8H2,1-3H3,(H2,14,17). The van der Waals surface area contributed by atoms with E-state index in [0.717, 1.165) is 12.8 Å². The molecule has 0 radical (unpaired) electrons. The molecule has 0 aromatic carbocycles. The number of hydrogen-bond donors (Lipinski definition) is 2. The number of likely N-dealkylation sites (tertiary alicyclic amines) is 1. The zero-order valence-corrected chi connectivity index (χ0v) is 12.0. The van der Waals surface area contributed by atoms with Crippen LogP contribution in [0.5, 0.6) is 0 Å². The molecule has 110 valence electrons. The van der Waals surface area contributed by atoms with Crippen LogP contribution in [0.2, 0.25) is 0 Å². The van der Waals surface area contributed by atoms with Crippen molar-refractivity contribution in [1.82, 2.24) is 10.2 Å². The van der Waals surface area contributed by atoms with Crippen molar-refractivity contribution < 1.29 is 14.3 Å². The Morgan fingerprint density at radius 1 is 1.37 bits per heavy atom. The van der Waals surface area contributed by atoms with Crippen LogP contribution in [-0.4, -0.2) is 48.7 Å². The van der Waals surface area contributed by atoms with Crippen molar-refractivity contribution in [3.8, 4) is 0 Å². The molecule has 1 aliphatic rings. The number of hydrogen-bond acceptors (Lipinski definition) is 4. The van der Waals surface area contributed by atoms with Crippen LogP contribution in [-0.2, 0) is 9.53 Å². The molecule has 0 bridgehead atoms. The van der Waals surface area contributed by atoms with Crippen LogP contribution in [0.25, 0.3) is 0 Å². The number of amides is 2. The van der Waals surface area contributed by atoms with E-state index in [1.165, 1.54) is 0 Å². The molecule has 0 saturated carbocycles. The minimum absolute atomic E-state index is 0.167. The summed E-state index contributed by atoms with van der Waals surface area (Å²) in [4.78, 5) is 24.6. The van der Waals surface area contributed by atoms with E-state index in [4.69, 9.17) is 10.5 Å². The first-order valence-electron chi connectivity index (χ1n) is 6.92. The third-order valence-corrected chi connectivity index (χ3v) is 3.41. The molecule has 2 amide bonds. The molecular formula is C13H25N3O3. The maximum atomic E-state index is 11.6. The summed E-state index contributed by atoms with van der Waals surface area (Å²) in [6.07, 6.45) is 1.38. The lowest BCUT2D eigenvalue weighted by molar-refractivity contribution is -0.121. The Balaban J connectivity index is 2.41. The van der Waals surface area contributed by atoms with Gasteiger partial charge in [-0.2, -0.15) is 0 Å². The van der Waals surface area contributed by atoms with Gasteiger partial charge in [0.25, 0.3) is 0 Å². The Kier molecular flexibility index (Phi) is 6.08. The lowest BCUT2D eigenvalue weighted by Crippen LogP contribution is -2.53. The van der Waals surface area contributed by atoms with Crippen molar-refractivity contribution in [3.63, 3.8) is 0 Å². The lowest BCUT2D eigenvalue weighted by Gasteiger charge is -2.34. The Hall–Kier alpha value is -1.30. The fourth-order valence-electron chi connectivity index (χ4n) is 2.30. The van der Waals surface area contributed by atoms with Gasteiger partial charge in [0.05, 0.1) is 12.6 Å². The predicted molar refractivity (Wildman–Crippen MR) is 72.6 cm³/mol. The minimum atomic E-state index is -0.317. The quantitative estimate of drug-likeness (QED) is 0.771. The summed E-state index contributed by atoms with van der Waals surface area (Å²) in [6.45, 7) is 7.44. The SMILES string of the molecule is CCOC(=O)N1CCC(NC(C(N)=O)C(C)C)CC1. The summed E-state index contributed by atoms with van der Waals surface area (Å²) in [7, 11) is 0. The highest BCUT2D eigenvalue weighted by Gasteiger charge is 2.27. The summed E-state index contributed by atoms with van der Waals surface area (Å²) < 4.78 is 4.97. The first-order valence-corrected chi connectivity index (χ1v) is 6.92. The summed E-state index contributed by atoms with van der Waals surface area (Å²) >= 11 is 0. The van der Waals surface area contributed by atoms with Crippen molar-refractivity contribution in [1.29, 1.82) is 0 Å². The average Bonchev–Trinajstić information content (AvgIpc) is 2.36. The number of nitrogens with zero attached hydrogens (tertiary/aromatic N) is 1. The van der Waals surface area contributed by atoms with E-state index in [-0.39, 0.29) is 30.0 Å². The van der Waals surface area contributed by atoms with Gasteiger partial charge in [-0.25, -0.2) is 4.79 Å². The first-order chi connectivity index (χ1) is 8.95. The maximum Gasteiger partial charge on any atom is 0.409 e. The number of primary amides is 1. The zero-order chi connectivity index (χ0) is 14.4. The van der Waals surface area contributed by atoms with Gasteiger partial charge in [0.1, 0.15) is 0 Å². The van der Waals surface area contributed by atoms with E-state index in [1.807, 2.05) is 13.8 Å². The summed E-state index contributed by atoms with van der Waals surface area (Å²) in [5.41, 5.74) is 5.38. The average molecular weight is 271 g/mol. The molecule has 1 unspecified atom stereocenters. The van der Waals surface area contributed by atoms with Gasteiger partial charge in [-0.15, -0.1) is 0 Å². The lowest BCUT2D eigenvalue weighted by atomic mass is 9.99. The van der Waals surface area contributed by atoms with Gasteiger partial charge in [-0.05, 0) is 25.7 Å². The highest BCUT2D eigenvalue weighted by Crippen LogP contribution is 2.14. The molecule has 1 rings (SSSR count). The Bertz CT molecular complexity index is 312. The normalized spacial score (nSPS) is 18.4. The molecule has 3 N–H and O–H groups in total. The number of nitrogens with one attached hydrogen (secondary N) is 1. The number of ether oxygens (including phenoxy) is 1. The summed E-state index contributed by atoms with van der Waals surface area (Å²) in [6, 6.07) is -0.0790. The molecule has 6 heteroatoms. The molecule has 1 fully saturated rings. The second kappa shape index (κ2) is 7.33. The van der Waals surface area contributed by atoms with E-state index in [1.54, 1.807) is 11.8 Å².